The fourth-order valence-electron chi connectivity index (χ4n) is 4.55. The molecular formula is C36H35N3O4S2. The molecule has 0 aliphatic rings. The summed E-state index contributed by atoms with van der Waals surface area (Å²) in [5, 5.41) is 0. The molecule has 45 heavy (non-hydrogen) atoms. The van der Waals surface area contributed by atoms with Gasteiger partial charge in [-0.2, -0.15) is 0 Å². The molecule has 0 fully saturated rings. The zero-order chi connectivity index (χ0) is 31.8. The van der Waals surface area contributed by atoms with Crippen molar-refractivity contribution < 1.29 is 18.5 Å². The number of carbonyl (C=O) groups is 1. The van der Waals surface area contributed by atoms with E-state index in [9.17, 15) is 9.00 Å². The molecule has 0 aliphatic carbocycles. The zero-order valence-corrected chi connectivity index (χ0v) is 27.2. The molecule has 0 saturated carbocycles. The van der Waals surface area contributed by atoms with Gasteiger partial charge in [0.25, 0.3) is 0 Å². The van der Waals surface area contributed by atoms with Crippen LogP contribution in [0.2, 0.25) is 0 Å². The van der Waals surface area contributed by atoms with E-state index in [2.05, 4.69) is 26.5 Å². The van der Waals surface area contributed by atoms with Crippen molar-refractivity contribution in [2.75, 3.05) is 28.5 Å². The average molecular weight is 638 g/mol. The lowest BCUT2D eigenvalue weighted by atomic mass is 10.1. The van der Waals surface area contributed by atoms with Crippen molar-refractivity contribution in [1.82, 2.24) is 0 Å². The Bertz CT molecular complexity index is 1780. The van der Waals surface area contributed by atoms with Crippen molar-refractivity contribution in [3.8, 4) is 11.5 Å². The van der Waals surface area contributed by atoms with Crippen LogP contribution in [0.25, 0.3) is 0 Å². The summed E-state index contributed by atoms with van der Waals surface area (Å²) in [5.41, 5.74) is 5.87. The SMILES string of the molecule is COC(=O)c1cc(Oc2ccc(NS(=O)c3ccc(C)cc3)c(N(C)Cc3ccccc3)c2)ccc1NSc1ccc(C)cc1. The first-order chi connectivity index (χ1) is 21.8. The summed E-state index contributed by atoms with van der Waals surface area (Å²) >= 11 is 1.41. The minimum Gasteiger partial charge on any atom is -0.465 e. The van der Waals surface area contributed by atoms with Gasteiger partial charge in [-0.25, -0.2) is 9.00 Å². The van der Waals surface area contributed by atoms with Crippen LogP contribution in [-0.4, -0.2) is 24.3 Å². The Balaban J connectivity index is 1.40. The first-order valence-corrected chi connectivity index (χ1v) is 16.3. The van der Waals surface area contributed by atoms with Crippen LogP contribution >= 0.6 is 11.9 Å². The molecule has 230 valence electrons. The van der Waals surface area contributed by atoms with Crippen molar-refractivity contribution in [3.63, 3.8) is 0 Å². The monoisotopic (exact) mass is 637 g/mol. The third-order valence-electron chi connectivity index (χ3n) is 7.01. The van der Waals surface area contributed by atoms with Gasteiger partial charge in [0.05, 0.1) is 34.6 Å². The smallest absolute Gasteiger partial charge is 0.340 e. The van der Waals surface area contributed by atoms with E-state index < -0.39 is 17.0 Å². The van der Waals surface area contributed by atoms with Crippen molar-refractivity contribution >= 4 is 46.0 Å². The maximum atomic E-state index is 13.3. The maximum Gasteiger partial charge on any atom is 0.340 e. The molecule has 0 amide bonds. The highest BCUT2D eigenvalue weighted by Crippen LogP contribution is 2.35. The van der Waals surface area contributed by atoms with Crippen LogP contribution in [0.5, 0.6) is 11.5 Å². The van der Waals surface area contributed by atoms with E-state index in [-0.39, 0.29) is 0 Å². The zero-order valence-electron chi connectivity index (χ0n) is 25.6. The lowest BCUT2D eigenvalue weighted by Gasteiger charge is -2.24. The molecule has 0 radical (unpaired) electrons. The van der Waals surface area contributed by atoms with Crippen LogP contribution < -0.4 is 19.1 Å². The minimum atomic E-state index is -1.47. The number of nitrogens with zero attached hydrogens (tertiary/aromatic N) is 1. The molecule has 0 bridgehead atoms. The second-order valence-electron chi connectivity index (χ2n) is 10.5. The Morgan fingerprint density at radius 1 is 0.800 bits per heavy atom. The normalized spacial score (nSPS) is 11.4. The van der Waals surface area contributed by atoms with Crippen LogP contribution in [0.3, 0.4) is 0 Å². The number of benzene rings is 5. The molecular weight excluding hydrogens is 603 g/mol. The minimum absolute atomic E-state index is 0.350. The van der Waals surface area contributed by atoms with E-state index in [1.165, 1.54) is 24.6 Å². The molecule has 0 saturated heterocycles. The van der Waals surface area contributed by atoms with E-state index in [0.717, 1.165) is 21.7 Å². The van der Waals surface area contributed by atoms with Gasteiger partial charge >= 0.3 is 5.97 Å². The van der Waals surface area contributed by atoms with Crippen molar-refractivity contribution in [1.29, 1.82) is 0 Å². The topological polar surface area (TPSA) is 79.9 Å². The van der Waals surface area contributed by atoms with Gasteiger partial charge in [-0.3, -0.25) is 4.72 Å². The number of aryl methyl sites for hydroxylation is 2. The van der Waals surface area contributed by atoms with Crippen molar-refractivity contribution in [2.24, 2.45) is 0 Å². The van der Waals surface area contributed by atoms with Gasteiger partial charge in [0.15, 0.2) is 0 Å². The number of esters is 1. The highest BCUT2D eigenvalue weighted by molar-refractivity contribution is 8.00. The maximum absolute atomic E-state index is 13.3. The van der Waals surface area contributed by atoms with Gasteiger partial charge in [-0.15, -0.1) is 0 Å². The number of anilines is 3. The fraction of sp³-hybridized carbons (Fsp3) is 0.139. The summed E-state index contributed by atoms with van der Waals surface area (Å²) in [7, 11) is 1.87. The Kier molecular flexibility index (Phi) is 10.4. The molecule has 5 aromatic carbocycles. The van der Waals surface area contributed by atoms with Gasteiger partial charge < -0.3 is 19.1 Å². The molecule has 1 atom stereocenters. The quantitative estimate of drug-likeness (QED) is 0.105. The van der Waals surface area contributed by atoms with Gasteiger partial charge in [-0.1, -0.05) is 65.7 Å². The molecule has 2 N–H and O–H groups in total. The second-order valence-corrected chi connectivity index (χ2v) is 12.6. The van der Waals surface area contributed by atoms with E-state index in [0.29, 0.717) is 39.9 Å². The second kappa shape index (κ2) is 14.8. The molecule has 9 heteroatoms. The summed E-state index contributed by atoms with van der Waals surface area (Å²) in [6.45, 7) is 4.66. The molecule has 7 nitrogen and oxygen atoms in total. The fourth-order valence-corrected chi connectivity index (χ4v) is 6.10. The first-order valence-electron chi connectivity index (χ1n) is 14.3. The molecule has 0 aromatic heterocycles. The summed E-state index contributed by atoms with van der Waals surface area (Å²) < 4.78 is 31.0. The van der Waals surface area contributed by atoms with Gasteiger partial charge in [0.1, 0.15) is 22.5 Å². The Morgan fingerprint density at radius 2 is 1.42 bits per heavy atom. The molecule has 0 spiro atoms. The number of rotatable bonds is 12. The summed E-state index contributed by atoms with van der Waals surface area (Å²) in [5.74, 6) is 0.554. The number of carbonyl (C=O) groups excluding carboxylic acids is 1. The van der Waals surface area contributed by atoms with Crippen molar-refractivity contribution in [3.05, 3.63) is 138 Å². The van der Waals surface area contributed by atoms with Gasteiger partial charge in [0, 0.05) is 24.6 Å². The van der Waals surface area contributed by atoms with Crippen LogP contribution in [0.15, 0.2) is 125 Å². The summed E-state index contributed by atoms with van der Waals surface area (Å²) in [4.78, 5) is 16.5. The van der Waals surface area contributed by atoms with E-state index in [1.807, 2.05) is 106 Å². The Labute approximate surface area is 271 Å². The van der Waals surface area contributed by atoms with E-state index >= 15 is 0 Å². The Morgan fingerprint density at radius 3 is 2.09 bits per heavy atom. The van der Waals surface area contributed by atoms with Crippen LogP contribution in [0.4, 0.5) is 17.1 Å². The summed E-state index contributed by atoms with van der Waals surface area (Å²) in [6, 6.07) is 36.7. The third-order valence-corrected chi connectivity index (χ3v) is 8.95. The molecule has 5 aromatic rings. The largest absolute Gasteiger partial charge is 0.465 e. The number of hydrogen-bond donors (Lipinski definition) is 2. The highest BCUT2D eigenvalue weighted by Gasteiger charge is 2.17. The standard InChI is InChI=1S/C36H35N3O4S2/c1-25-10-16-30(17-11-25)44-37-33-20-14-28(22-32(33)36(40)42-4)43-29-15-21-34(38-45(41)31-18-12-26(2)13-19-31)35(23-29)39(3)24-27-8-6-5-7-9-27/h5-23,37-38H,24H2,1-4H3. The number of ether oxygens (including phenoxy) is 2. The molecule has 1 unspecified atom stereocenters. The lowest BCUT2D eigenvalue weighted by Crippen LogP contribution is -2.18. The number of nitrogens with one attached hydrogen (secondary N) is 2. The highest BCUT2D eigenvalue weighted by atomic mass is 32.2. The van der Waals surface area contributed by atoms with Crippen LogP contribution in [0, 0.1) is 13.8 Å². The van der Waals surface area contributed by atoms with Crippen LogP contribution in [0.1, 0.15) is 27.0 Å². The number of hydrogen-bond acceptors (Lipinski definition) is 7. The predicted molar refractivity (Wildman–Crippen MR) is 185 cm³/mol. The lowest BCUT2D eigenvalue weighted by molar-refractivity contribution is 0.0601. The Hall–Kier alpha value is -4.73. The van der Waals surface area contributed by atoms with Gasteiger partial charge in [0.2, 0.25) is 0 Å². The molecule has 0 aliphatic heterocycles. The first kappa shape index (κ1) is 31.7. The molecule has 5 rings (SSSR count). The molecule has 0 heterocycles. The van der Waals surface area contributed by atoms with Gasteiger partial charge in [-0.05, 0) is 86.0 Å². The number of methoxy groups -OCH3 is 1. The summed E-state index contributed by atoms with van der Waals surface area (Å²) in [6.07, 6.45) is 0. The average Bonchev–Trinajstić information content (AvgIpc) is 3.06. The van der Waals surface area contributed by atoms with Crippen molar-refractivity contribution in [2.45, 2.75) is 30.2 Å². The van der Waals surface area contributed by atoms with E-state index in [1.54, 1.807) is 18.2 Å². The van der Waals surface area contributed by atoms with E-state index in [4.69, 9.17) is 9.47 Å². The predicted octanol–water partition coefficient (Wildman–Crippen LogP) is 8.77. The third kappa shape index (κ3) is 8.47. The van der Waals surface area contributed by atoms with Crippen LogP contribution in [-0.2, 0) is 22.3 Å².